The van der Waals surface area contributed by atoms with Crippen LogP contribution in [-0.4, -0.2) is 48.0 Å². The molecule has 0 saturated heterocycles. The zero-order chi connectivity index (χ0) is 18.8. The molecule has 0 saturated carbocycles. The van der Waals surface area contributed by atoms with E-state index < -0.39 is 5.97 Å². The number of carbonyl (C=O) groups excluding carboxylic acids is 1. The van der Waals surface area contributed by atoms with Crippen LogP contribution in [0.25, 0.3) is 0 Å². The number of carbonyl (C=O) groups is 2. The third-order valence-electron chi connectivity index (χ3n) is 4.48. The smallest absolute Gasteiger partial charge is 0.303 e. The van der Waals surface area contributed by atoms with Crippen LogP contribution in [0.5, 0.6) is 0 Å². The van der Waals surface area contributed by atoms with Gasteiger partial charge in [0.05, 0.1) is 37.4 Å². The summed E-state index contributed by atoms with van der Waals surface area (Å²) < 4.78 is 9.26. The van der Waals surface area contributed by atoms with E-state index in [1.54, 1.807) is 27.9 Å². The summed E-state index contributed by atoms with van der Waals surface area (Å²) in [5.41, 5.74) is 1.64. The minimum absolute atomic E-state index is 0.0462. The fraction of sp³-hybridized carbons (Fsp3) is 0.333. The molecule has 3 aromatic heterocycles. The van der Waals surface area contributed by atoms with Crippen molar-refractivity contribution in [2.75, 3.05) is 6.54 Å². The molecule has 9 nitrogen and oxygen atoms in total. The van der Waals surface area contributed by atoms with Gasteiger partial charge in [-0.15, -0.1) is 0 Å². The molecule has 4 heterocycles. The topological polar surface area (TPSA) is 106 Å². The van der Waals surface area contributed by atoms with Crippen LogP contribution >= 0.6 is 0 Å². The molecular formula is C18H19N5O4. The molecule has 0 aromatic carbocycles. The molecule has 0 atom stereocenters. The van der Waals surface area contributed by atoms with E-state index in [0.717, 1.165) is 11.4 Å². The van der Waals surface area contributed by atoms with E-state index >= 15 is 0 Å². The van der Waals surface area contributed by atoms with Crippen molar-refractivity contribution < 1.29 is 19.1 Å². The Morgan fingerprint density at radius 3 is 2.93 bits per heavy atom. The van der Waals surface area contributed by atoms with E-state index in [0.29, 0.717) is 44.1 Å². The molecule has 0 bridgehead atoms. The van der Waals surface area contributed by atoms with Crippen molar-refractivity contribution >= 4 is 11.9 Å². The van der Waals surface area contributed by atoms with Crippen LogP contribution in [0.4, 0.5) is 0 Å². The molecule has 3 aromatic rings. The molecule has 0 unspecified atom stereocenters. The van der Waals surface area contributed by atoms with E-state index in [1.165, 1.54) is 0 Å². The summed E-state index contributed by atoms with van der Waals surface area (Å²) in [7, 11) is 0. The standard InChI is InChI=1S/C18H19N5O4/c24-17(25)5-2-13-10-14-11-21(8-9-23(14)20-13)18(26)16-4-3-15(27-16)12-22-7-1-6-19-22/h1,3-4,6-7,10H,2,5,8-9,11-12H2,(H,24,25). The lowest BCUT2D eigenvalue weighted by Gasteiger charge is -2.26. The maximum Gasteiger partial charge on any atom is 0.303 e. The number of nitrogens with zero attached hydrogens (tertiary/aromatic N) is 5. The van der Waals surface area contributed by atoms with Gasteiger partial charge >= 0.3 is 5.97 Å². The highest BCUT2D eigenvalue weighted by molar-refractivity contribution is 5.91. The van der Waals surface area contributed by atoms with Crippen LogP contribution in [-0.2, 0) is 30.8 Å². The van der Waals surface area contributed by atoms with Gasteiger partial charge in [0, 0.05) is 25.4 Å². The molecular weight excluding hydrogens is 350 g/mol. The number of carboxylic acid groups (broad SMARTS) is 1. The number of hydrogen-bond donors (Lipinski definition) is 1. The highest BCUT2D eigenvalue weighted by Crippen LogP contribution is 2.18. The first-order chi connectivity index (χ1) is 13.1. The Balaban J connectivity index is 1.42. The van der Waals surface area contributed by atoms with E-state index in [1.807, 2.05) is 23.0 Å². The van der Waals surface area contributed by atoms with Gasteiger partial charge in [0.25, 0.3) is 5.91 Å². The molecule has 1 aliphatic heterocycles. The van der Waals surface area contributed by atoms with E-state index in [-0.39, 0.29) is 12.3 Å². The molecule has 1 N–H and O–H groups in total. The number of rotatable bonds is 6. The van der Waals surface area contributed by atoms with Crippen molar-refractivity contribution in [3.05, 3.63) is 59.6 Å². The Hall–Kier alpha value is -3.36. The van der Waals surface area contributed by atoms with E-state index in [4.69, 9.17) is 9.52 Å². The predicted molar refractivity (Wildman–Crippen MR) is 93.0 cm³/mol. The second-order valence-electron chi connectivity index (χ2n) is 6.44. The van der Waals surface area contributed by atoms with Gasteiger partial charge in [-0.1, -0.05) is 0 Å². The first-order valence-electron chi connectivity index (χ1n) is 8.71. The van der Waals surface area contributed by atoms with Crippen molar-refractivity contribution in [1.29, 1.82) is 0 Å². The maximum atomic E-state index is 12.7. The second kappa shape index (κ2) is 7.10. The molecule has 1 amide bonds. The number of aromatic nitrogens is 4. The lowest BCUT2D eigenvalue weighted by atomic mass is 10.2. The van der Waals surface area contributed by atoms with E-state index in [2.05, 4.69) is 10.2 Å². The maximum absolute atomic E-state index is 12.7. The SMILES string of the molecule is O=C(O)CCc1cc2n(n1)CCN(C(=O)c1ccc(Cn3cccn3)o1)C2. The third-order valence-corrected chi connectivity index (χ3v) is 4.48. The summed E-state index contributed by atoms with van der Waals surface area (Å²) in [5.74, 6) is -0.0426. The number of furan rings is 1. The molecule has 140 valence electrons. The fourth-order valence-corrected chi connectivity index (χ4v) is 3.14. The zero-order valence-electron chi connectivity index (χ0n) is 14.6. The van der Waals surface area contributed by atoms with Crippen molar-refractivity contribution in [3.63, 3.8) is 0 Å². The Morgan fingerprint density at radius 2 is 2.15 bits per heavy atom. The Labute approximate surface area is 154 Å². The molecule has 9 heteroatoms. The van der Waals surface area contributed by atoms with Gasteiger partial charge in [0.15, 0.2) is 5.76 Å². The summed E-state index contributed by atoms with van der Waals surface area (Å²) >= 11 is 0. The van der Waals surface area contributed by atoms with Gasteiger partial charge in [-0.25, -0.2) is 0 Å². The normalized spacial score (nSPS) is 13.6. The summed E-state index contributed by atoms with van der Waals surface area (Å²) in [6.45, 7) is 2.00. The monoisotopic (exact) mass is 369 g/mol. The highest BCUT2D eigenvalue weighted by atomic mass is 16.4. The minimum atomic E-state index is -0.846. The van der Waals surface area contributed by atoms with Gasteiger partial charge in [0.2, 0.25) is 0 Å². The van der Waals surface area contributed by atoms with Crippen LogP contribution in [0.15, 0.2) is 41.1 Å². The minimum Gasteiger partial charge on any atom is -0.481 e. The fourth-order valence-electron chi connectivity index (χ4n) is 3.14. The molecule has 0 fully saturated rings. The molecule has 0 spiro atoms. The number of hydrogen-bond acceptors (Lipinski definition) is 5. The Morgan fingerprint density at radius 1 is 1.26 bits per heavy atom. The average molecular weight is 369 g/mol. The van der Waals surface area contributed by atoms with Gasteiger partial charge in [-0.2, -0.15) is 10.2 Å². The first-order valence-corrected chi connectivity index (χ1v) is 8.71. The number of amides is 1. The second-order valence-corrected chi connectivity index (χ2v) is 6.44. The number of aryl methyl sites for hydroxylation is 1. The number of aliphatic carboxylic acids is 1. The third kappa shape index (κ3) is 3.76. The highest BCUT2D eigenvalue weighted by Gasteiger charge is 2.25. The van der Waals surface area contributed by atoms with Gasteiger partial charge < -0.3 is 14.4 Å². The summed E-state index contributed by atoms with van der Waals surface area (Å²) in [6.07, 6.45) is 3.96. The molecule has 4 rings (SSSR count). The molecule has 0 radical (unpaired) electrons. The van der Waals surface area contributed by atoms with Crippen LogP contribution in [0.3, 0.4) is 0 Å². The van der Waals surface area contributed by atoms with Crippen molar-refractivity contribution in [2.24, 2.45) is 0 Å². The van der Waals surface area contributed by atoms with Crippen molar-refractivity contribution in [3.8, 4) is 0 Å². The summed E-state index contributed by atoms with van der Waals surface area (Å²) in [6, 6.07) is 7.17. The Kier molecular flexibility index (Phi) is 4.49. The predicted octanol–water partition coefficient (Wildman–Crippen LogP) is 1.39. The average Bonchev–Trinajstić information content (AvgIpc) is 3.39. The van der Waals surface area contributed by atoms with Crippen molar-refractivity contribution in [1.82, 2.24) is 24.5 Å². The lowest BCUT2D eigenvalue weighted by Crippen LogP contribution is -2.38. The molecule has 1 aliphatic rings. The van der Waals surface area contributed by atoms with Crippen molar-refractivity contribution in [2.45, 2.75) is 32.5 Å². The number of carboxylic acids is 1. The first kappa shape index (κ1) is 17.1. The van der Waals surface area contributed by atoms with Gasteiger partial charge in [-0.05, 0) is 24.3 Å². The largest absolute Gasteiger partial charge is 0.481 e. The molecule has 27 heavy (non-hydrogen) atoms. The lowest BCUT2D eigenvalue weighted by molar-refractivity contribution is -0.136. The van der Waals surface area contributed by atoms with Crippen LogP contribution in [0, 0.1) is 0 Å². The Bertz CT molecular complexity index is 956. The zero-order valence-corrected chi connectivity index (χ0v) is 14.6. The summed E-state index contributed by atoms with van der Waals surface area (Å²) in [5, 5.41) is 17.3. The molecule has 0 aliphatic carbocycles. The van der Waals surface area contributed by atoms with Crippen LogP contribution in [0.1, 0.15) is 34.1 Å². The van der Waals surface area contributed by atoms with Gasteiger partial charge in [-0.3, -0.25) is 19.0 Å². The van der Waals surface area contributed by atoms with Crippen LogP contribution < -0.4 is 0 Å². The van der Waals surface area contributed by atoms with Gasteiger partial charge in [0.1, 0.15) is 5.76 Å². The number of fused-ring (bicyclic) bond motifs is 1. The van der Waals surface area contributed by atoms with E-state index in [9.17, 15) is 9.59 Å². The summed E-state index contributed by atoms with van der Waals surface area (Å²) in [4.78, 5) is 25.2. The van der Waals surface area contributed by atoms with Crippen LogP contribution in [0.2, 0.25) is 0 Å². The quantitative estimate of drug-likeness (QED) is 0.704.